The molecule has 1 aliphatic rings. The predicted octanol–water partition coefficient (Wildman–Crippen LogP) is 5.03. The van der Waals surface area contributed by atoms with Crippen molar-refractivity contribution < 1.29 is 14.3 Å². The Labute approximate surface area is 228 Å². The van der Waals surface area contributed by atoms with Crippen LogP contribution >= 0.6 is 22.9 Å². The number of fused-ring (bicyclic) bond motifs is 1. The minimum atomic E-state index is -0.623. The summed E-state index contributed by atoms with van der Waals surface area (Å²) in [4.78, 5) is 31.9. The average molecular weight is 545 g/mol. The van der Waals surface area contributed by atoms with Gasteiger partial charge in [0, 0.05) is 10.6 Å². The zero-order chi connectivity index (χ0) is 26.6. The van der Waals surface area contributed by atoms with Gasteiger partial charge < -0.3 is 9.47 Å². The molecular weight excluding hydrogens is 520 g/mol. The molecule has 0 saturated heterocycles. The van der Waals surface area contributed by atoms with Crippen LogP contribution in [0.1, 0.15) is 36.1 Å². The second kappa shape index (κ2) is 11.2. The van der Waals surface area contributed by atoms with E-state index in [1.165, 1.54) is 18.4 Å². The zero-order valence-electron chi connectivity index (χ0n) is 20.9. The van der Waals surface area contributed by atoms with Gasteiger partial charge in [0.05, 0.1) is 29.0 Å². The lowest BCUT2D eigenvalue weighted by Crippen LogP contribution is -2.40. The minimum Gasteiger partial charge on any atom is -0.489 e. The highest BCUT2D eigenvalue weighted by Crippen LogP contribution is 2.31. The average Bonchev–Trinajstić information content (AvgIpc) is 3.26. The van der Waals surface area contributed by atoms with Crippen molar-refractivity contribution >= 4 is 35.0 Å². The molecule has 2 heterocycles. The standard InChI is InChI=1S/C30H25ClN2O4S/c1-3-24-26(29(35)36-2)27(20-11-5-4-6-12-20)33-28(34)25(38-30(33)32-24)17-19-10-9-14-22(16-19)37-18-21-13-7-8-15-23(21)31/h4-17,27H,3,18H2,1-2H3/b25-17+/t27-/m1/s1. The van der Waals surface area contributed by atoms with Crippen molar-refractivity contribution in [1.29, 1.82) is 0 Å². The van der Waals surface area contributed by atoms with Gasteiger partial charge in [-0.1, -0.05) is 90.5 Å². The van der Waals surface area contributed by atoms with E-state index in [0.29, 0.717) is 44.4 Å². The molecule has 4 aromatic rings. The van der Waals surface area contributed by atoms with Crippen molar-refractivity contribution in [3.8, 4) is 5.75 Å². The highest BCUT2D eigenvalue weighted by atomic mass is 35.5. The normalized spacial score (nSPS) is 15.1. The number of halogens is 1. The van der Waals surface area contributed by atoms with E-state index in [1.54, 1.807) is 4.57 Å². The molecule has 5 rings (SSSR count). The van der Waals surface area contributed by atoms with Crippen LogP contribution in [0.3, 0.4) is 0 Å². The van der Waals surface area contributed by atoms with Gasteiger partial charge in [-0.2, -0.15) is 0 Å². The van der Waals surface area contributed by atoms with Crippen molar-refractivity contribution in [3.63, 3.8) is 0 Å². The summed E-state index contributed by atoms with van der Waals surface area (Å²) in [6.07, 6.45) is 2.35. The van der Waals surface area contributed by atoms with Gasteiger partial charge in [0.2, 0.25) is 0 Å². The largest absolute Gasteiger partial charge is 0.489 e. The number of esters is 1. The van der Waals surface area contributed by atoms with Crippen LogP contribution in [0, 0.1) is 0 Å². The number of hydrogen-bond acceptors (Lipinski definition) is 6. The van der Waals surface area contributed by atoms with Crippen molar-refractivity contribution in [3.05, 3.63) is 132 Å². The second-order valence-electron chi connectivity index (χ2n) is 8.65. The molecule has 0 spiro atoms. The van der Waals surface area contributed by atoms with Crippen molar-refractivity contribution in [2.24, 2.45) is 4.99 Å². The van der Waals surface area contributed by atoms with E-state index in [4.69, 9.17) is 26.1 Å². The number of hydrogen-bond donors (Lipinski definition) is 0. The van der Waals surface area contributed by atoms with Gasteiger partial charge in [-0.3, -0.25) is 9.36 Å². The van der Waals surface area contributed by atoms with Crippen LogP contribution in [-0.4, -0.2) is 17.6 Å². The van der Waals surface area contributed by atoms with Crippen molar-refractivity contribution in [1.82, 2.24) is 4.57 Å². The number of thiazole rings is 1. The summed E-state index contributed by atoms with van der Waals surface area (Å²) in [6, 6.07) is 23.9. The first kappa shape index (κ1) is 25.7. The minimum absolute atomic E-state index is 0.221. The first-order chi connectivity index (χ1) is 18.5. The molecule has 0 N–H and O–H groups in total. The van der Waals surface area contributed by atoms with Crippen LogP contribution in [0.2, 0.25) is 5.02 Å². The Bertz CT molecular complexity index is 1710. The number of carbonyl (C=O) groups is 1. The third-order valence-corrected chi connectivity index (χ3v) is 7.63. The summed E-state index contributed by atoms with van der Waals surface area (Å²) in [7, 11) is 1.34. The fraction of sp³-hybridized carbons (Fsp3) is 0.167. The quantitative estimate of drug-likeness (QED) is 0.306. The van der Waals surface area contributed by atoms with Gasteiger partial charge in [0.1, 0.15) is 12.4 Å². The Hall–Kier alpha value is -3.94. The molecule has 0 unspecified atom stereocenters. The lowest BCUT2D eigenvalue weighted by atomic mass is 9.95. The number of rotatable bonds is 7. The molecule has 0 bridgehead atoms. The van der Waals surface area contributed by atoms with Gasteiger partial charge >= 0.3 is 5.97 Å². The van der Waals surface area contributed by atoms with E-state index >= 15 is 0 Å². The molecule has 0 saturated carbocycles. The molecule has 8 heteroatoms. The first-order valence-corrected chi connectivity index (χ1v) is 13.3. The molecule has 1 atom stereocenters. The predicted molar refractivity (Wildman–Crippen MR) is 149 cm³/mol. The molecule has 0 fully saturated rings. The Morgan fingerprint density at radius 3 is 2.58 bits per heavy atom. The number of benzene rings is 3. The molecule has 3 aromatic carbocycles. The zero-order valence-corrected chi connectivity index (χ0v) is 22.5. The topological polar surface area (TPSA) is 69.9 Å². The maximum absolute atomic E-state index is 13.7. The van der Waals surface area contributed by atoms with Crippen molar-refractivity contribution in [2.45, 2.75) is 26.0 Å². The van der Waals surface area contributed by atoms with Crippen molar-refractivity contribution in [2.75, 3.05) is 7.11 Å². The molecule has 0 radical (unpaired) electrons. The molecule has 38 heavy (non-hydrogen) atoms. The number of ether oxygens (including phenoxy) is 2. The number of nitrogens with zero attached hydrogens (tertiary/aromatic N) is 2. The molecule has 1 aromatic heterocycles. The van der Waals surface area contributed by atoms with Gasteiger partial charge in [-0.15, -0.1) is 0 Å². The SMILES string of the molecule is CCC1=C(C(=O)OC)[C@@H](c2ccccc2)n2c(s/c(=C/c3cccc(OCc4ccccc4Cl)c3)c2=O)=N1. The Morgan fingerprint density at radius 2 is 1.84 bits per heavy atom. The number of allylic oxidation sites excluding steroid dienone is 1. The van der Waals surface area contributed by atoms with Crippen LogP contribution in [0.5, 0.6) is 5.75 Å². The lowest BCUT2D eigenvalue weighted by Gasteiger charge is -2.25. The summed E-state index contributed by atoms with van der Waals surface area (Å²) < 4.78 is 13.2. The number of carbonyl (C=O) groups excluding carboxylic acids is 1. The van der Waals surface area contributed by atoms with Crippen LogP contribution in [0.4, 0.5) is 0 Å². The maximum Gasteiger partial charge on any atom is 0.338 e. The highest BCUT2D eigenvalue weighted by molar-refractivity contribution is 7.07. The Balaban J connectivity index is 1.56. The van der Waals surface area contributed by atoms with Crippen LogP contribution in [0.15, 0.2) is 99.9 Å². The third-order valence-electron chi connectivity index (χ3n) is 6.27. The molecule has 1 aliphatic heterocycles. The van der Waals surface area contributed by atoms with E-state index in [-0.39, 0.29) is 5.56 Å². The summed E-state index contributed by atoms with van der Waals surface area (Å²) >= 11 is 7.55. The third kappa shape index (κ3) is 5.08. The van der Waals surface area contributed by atoms with Gasteiger partial charge in [0.15, 0.2) is 4.80 Å². The van der Waals surface area contributed by atoms with Crippen LogP contribution in [0.25, 0.3) is 6.08 Å². The fourth-order valence-electron chi connectivity index (χ4n) is 4.44. The number of aromatic nitrogens is 1. The van der Waals surface area contributed by atoms with Gasteiger partial charge in [-0.25, -0.2) is 9.79 Å². The Morgan fingerprint density at radius 1 is 1.08 bits per heavy atom. The van der Waals surface area contributed by atoms with Crippen LogP contribution < -0.4 is 19.6 Å². The fourth-order valence-corrected chi connectivity index (χ4v) is 5.65. The maximum atomic E-state index is 13.7. The molecular formula is C30H25ClN2O4S. The molecule has 0 aliphatic carbocycles. The summed E-state index contributed by atoms with van der Waals surface area (Å²) in [5, 5.41) is 0.649. The molecule has 192 valence electrons. The summed E-state index contributed by atoms with van der Waals surface area (Å²) in [5.41, 5.74) is 3.30. The van der Waals surface area contributed by atoms with Gasteiger partial charge in [0.25, 0.3) is 5.56 Å². The number of methoxy groups -OCH3 is 1. The highest BCUT2D eigenvalue weighted by Gasteiger charge is 2.33. The van der Waals surface area contributed by atoms with Gasteiger partial charge in [-0.05, 0) is 41.8 Å². The molecule has 0 amide bonds. The first-order valence-electron chi connectivity index (χ1n) is 12.1. The monoisotopic (exact) mass is 544 g/mol. The van der Waals surface area contributed by atoms with E-state index in [0.717, 1.165) is 16.7 Å². The smallest absolute Gasteiger partial charge is 0.338 e. The summed E-state index contributed by atoms with van der Waals surface area (Å²) in [5.74, 6) is 0.173. The van der Waals surface area contributed by atoms with Crippen LogP contribution in [-0.2, 0) is 16.1 Å². The summed E-state index contributed by atoms with van der Waals surface area (Å²) in [6.45, 7) is 2.27. The Kier molecular flexibility index (Phi) is 7.58. The van der Waals surface area contributed by atoms with E-state index in [2.05, 4.69) is 0 Å². The van der Waals surface area contributed by atoms with E-state index < -0.39 is 12.0 Å². The van der Waals surface area contributed by atoms with E-state index in [1.807, 2.05) is 91.9 Å². The molecule has 6 nitrogen and oxygen atoms in total. The lowest BCUT2D eigenvalue weighted by molar-refractivity contribution is -0.136. The second-order valence-corrected chi connectivity index (χ2v) is 10.1. The van der Waals surface area contributed by atoms with E-state index in [9.17, 15) is 9.59 Å².